The lowest BCUT2D eigenvalue weighted by atomic mass is 10.2. The monoisotopic (exact) mass is 382 g/mol. The maximum absolute atomic E-state index is 12.4. The average molecular weight is 383 g/mol. The van der Waals surface area contributed by atoms with Gasteiger partial charge < -0.3 is 10.3 Å². The van der Waals surface area contributed by atoms with Crippen molar-refractivity contribution in [3.8, 4) is 17.3 Å². The predicted molar refractivity (Wildman–Crippen MR) is 104 cm³/mol. The molecule has 3 rings (SSSR count). The van der Waals surface area contributed by atoms with Crippen molar-refractivity contribution in [1.82, 2.24) is 9.97 Å². The molecule has 1 heterocycles. The highest BCUT2D eigenvalue weighted by Gasteiger charge is 2.17. The second-order valence-corrected chi connectivity index (χ2v) is 7.26. The molecular weight excluding hydrogens is 368 g/mol. The first kappa shape index (κ1) is 18.1. The van der Waals surface area contributed by atoms with Gasteiger partial charge in [-0.2, -0.15) is 5.26 Å². The largest absolute Gasteiger partial charge is 0.333 e. The number of carbonyl (C=O) groups is 1. The van der Waals surface area contributed by atoms with Gasteiger partial charge in [-0.05, 0) is 30.7 Å². The molecule has 0 radical (unpaired) electrons. The zero-order chi connectivity index (χ0) is 18.5. The Kier molecular flexibility index (Phi) is 5.61. The topological polar surface area (TPSA) is 81.6 Å². The van der Waals surface area contributed by atoms with Crippen molar-refractivity contribution in [3.05, 3.63) is 65.3 Å². The Bertz CT molecular complexity index is 965. The Morgan fingerprint density at radius 1 is 1.31 bits per heavy atom. The van der Waals surface area contributed by atoms with E-state index in [0.717, 1.165) is 11.3 Å². The number of nitrogens with zero attached hydrogens (tertiary/aromatic N) is 2. The maximum Gasteiger partial charge on any atom is 0.237 e. The van der Waals surface area contributed by atoms with E-state index in [0.29, 0.717) is 21.4 Å². The van der Waals surface area contributed by atoms with Gasteiger partial charge >= 0.3 is 0 Å². The summed E-state index contributed by atoms with van der Waals surface area (Å²) < 4.78 is 0. The van der Waals surface area contributed by atoms with Crippen LogP contribution < -0.4 is 5.32 Å². The van der Waals surface area contributed by atoms with Gasteiger partial charge in [0.15, 0.2) is 5.16 Å². The highest BCUT2D eigenvalue weighted by molar-refractivity contribution is 8.00. The van der Waals surface area contributed by atoms with Gasteiger partial charge in [0.2, 0.25) is 5.91 Å². The van der Waals surface area contributed by atoms with Crippen LogP contribution in [0.2, 0.25) is 5.02 Å². The Hall–Kier alpha value is -2.75. The zero-order valence-corrected chi connectivity index (χ0v) is 15.4. The molecule has 2 aromatic carbocycles. The van der Waals surface area contributed by atoms with Gasteiger partial charge in [0.05, 0.1) is 27.7 Å². The van der Waals surface area contributed by atoms with Crippen LogP contribution in [0.1, 0.15) is 12.5 Å². The van der Waals surface area contributed by atoms with Crippen molar-refractivity contribution in [1.29, 1.82) is 5.26 Å². The van der Waals surface area contributed by atoms with Gasteiger partial charge in [-0.3, -0.25) is 4.79 Å². The number of aromatic nitrogens is 2. The second kappa shape index (κ2) is 8.09. The molecule has 1 aromatic heterocycles. The number of hydrogen-bond acceptors (Lipinski definition) is 4. The van der Waals surface area contributed by atoms with Crippen molar-refractivity contribution in [2.24, 2.45) is 0 Å². The summed E-state index contributed by atoms with van der Waals surface area (Å²) in [5, 5.41) is 12.3. The van der Waals surface area contributed by atoms with Crippen LogP contribution in [0.4, 0.5) is 5.69 Å². The molecular formula is C19H15ClN4OS. The summed E-state index contributed by atoms with van der Waals surface area (Å²) in [6.45, 7) is 1.80. The summed E-state index contributed by atoms with van der Waals surface area (Å²) in [5.41, 5.74) is 2.86. The fraction of sp³-hybridized carbons (Fsp3) is 0.105. The van der Waals surface area contributed by atoms with E-state index in [-0.39, 0.29) is 11.2 Å². The van der Waals surface area contributed by atoms with Crippen LogP contribution in [-0.2, 0) is 4.79 Å². The van der Waals surface area contributed by atoms with Crippen LogP contribution in [0.5, 0.6) is 0 Å². The third-order valence-corrected chi connectivity index (χ3v) is 4.96. The number of amides is 1. The number of hydrogen-bond donors (Lipinski definition) is 2. The van der Waals surface area contributed by atoms with Gasteiger partial charge in [-0.25, -0.2) is 4.98 Å². The first-order valence-electron chi connectivity index (χ1n) is 7.84. The molecule has 0 bridgehead atoms. The van der Waals surface area contributed by atoms with Gasteiger partial charge in [0.25, 0.3) is 0 Å². The third-order valence-electron chi connectivity index (χ3n) is 3.65. The molecule has 1 unspecified atom stereocenters. The van der Waals surface area contributed by atoms with E-state index < -0.39 is 0 Å². The van der Waals surface area contributed by atoms with E-state index in [1.165, 1.54) is 11.8 Å². The normalized spacial score (nSPS) is 11.6. The third kappa shape index (κ3) is 4.26. The molecule has 3 aromatic rings. The van der Waals surface area contributed by atoms with Gasteiger partial charge in [-0.1, -0.05) is 53.7 Å². The van der Waals surface area contributed by atoms with Crippen molar-refractivity contribution >= 4 is 35.0 Å². The number of rotatable bonds is 5. The van der Waals surface area contributed by atoms with E-state index in [1.54, 1.807) is 31.3 Å². The van der Waals surface area contributed by atoms with Crippen LogP contribution in [0.15, 0.2) is 59.9 Å². The molecule has 0 aliphatic heterocycles. The number of aromatic amines is 1. The quantitative estimate of drug-likeness (QED) is 0.625. The Morgan fingerprint density at radius 2 is 2.08 bits per heavy atom. The summed E-state index contributed by atoms with van der Waals surface area (Å²) in [7, 11) is 0. The summed E-state index contributed by atoms with van der Waals surface area (Å²) in [5.74, 6) is -0.173. The lowest BCUT2D eigenvalue weighted by Crippen LogP contribution is -2.22. The summed E-state index contributed by atoms with van der Waals surface area (Å²) in [6.07, 6.45) is 1.75. The number of carbonyl (C=O) groups excluding carboxylic acids is 1. The number of benzene rings is 2. The van der Waals surface area contributed by atoms with Crippen LogP contribution in [0.25, 0.3) is 11.3 Å². The van der Waals surface area contributed by atoms with Crippen molar-refractivity contribution in [2.45, 2.75) is 17.3 Å². The first-order chi connectivity index (χ1) is 12.6. The van der Waals surface area contributed by atoms with Gasteiger partial charge in [0, 0.05) is 5.69 Å². The SMILES string of the molecule is CC(Sc1ncc(-c2ccccc2)[nH]1)C(=O)Nc1ccc(C#N)c(Cl)c1. The summed E-state index contributed by atoms with van der Waals surface area (Å²) in [4.78, 5) is 19.9. The van der Waals surface area contributed by atoms with Gasteiger partial charge in [0.1, 0.15) is 6.07 Å². The molecule has 0 saturated heterocycles. The maximum atomic E-state index is 12.4. The molecule has 0 aliphatic rings. The Labute approximate surface area is 160 Å². The minimum atomic E-state index is -0.362. The van der Waals surface area contributed by atoms with E-state index in [4.69, 9.17) is 16.9 Å². The summed E-state index contributed by atoms with van der Waals surface area (Å²) in [6, 6.07) is 16.6. The molecule has 0 fully saturated rings. The molecule has 26 heavy (non-hydrogen) atoms. The number of nitrogens with one attached hydrogen (secondary N) is 2. The van der Waals surface area contributed by atoms with E-state index in [1.807, 2.05) is 36.4 Å². The number of halogens is 1. The minimum Gasteiger partial charge on any atom is -0.333 e. The minimum absolute atomic E-state index is 0.173. The van der Waals surface area contributed by atoms with E-state index in [9.17, 15) is 4.79 Å². The highest BCUT2D eigenvalue weighted by Crippen LogP contribution is 2.26. The number of nitriles is 1. The van der Waals surface area contributed by atoms with Gasteiger partial charge in [-0.15, -0.1) is 0 Å². The highest BCUT2D eigenvalue weighted by atomic mass is 35.5. The first-order valence-corrected chi connectivity index (χ1v) is 9.10. The molecule has 130 valence electrons. The fourth-order valence-corrected chi connectivity index (χ4v) is 3.28. The molecule has 5 nitrogen and oxygen atoms in total. The van der Waals surface area contributed by atoms with Crippen LogP contribution in [0, 0.1) is 11.3 Å². The molecule has 0 saturated carbocycles. The van der Waals surface area contributed by atoms with E-state index >= 15 is 0 Å². The fourth-order valence-electron chi connectivity index (χ4n) is 2.28. The van der Waals surface area contributed by atoms with Crippen molar-refractivity contribution in [3.63, 3.8) is 0 Å². The number of H-pyrrole nitrogens is 1. The number of thioether (sulfide) groups is 1. The van der Waals surface area contributed by atoms with Crippen molar-refractivity contribution in [2.75, 3.05) is 5.32 Å². The number of anilines is 1. The standard InChI is InChI=1S/C19H15ClN4OS/c1-12(18(25)23-15-8-7-14(10-21)16(20)9-15)26-19-22-11-17(24-19)13-5-3-2-4-6-13/h2-9,11-12H,1H3,(H,22,24)(H,23,25). The molecule has 2 N–H and O–H groups in total. The average Bonchev–Trinajstić information content (AvgIpc) is 3.11. The molecule has 0 spiro atoms. The zero-order valence-electron chi connectivity index (χ0n) is 13.9. The predicted octanol–water partition coefficient (Wildman–Crippen LogP) is 4.72. The number of imidazole rings is 1. The molecule has 1 atom stereocenters. The van der Waals surface area contributed by atoms with Crippen LogP contribution in [0.3, 0.4) is 0 Å². The second-order valence-electron chi connectivity index (χ2n) is 5.52. The smallest absolute Gasteiger partial charge is 0.237 e. The van der Waals surface area contributed by atoms with E-state index in [2.05, 4.69) is 15.3 Å². The molecule has 0 aliphatic carbocycles. The van der Waals surface area contributed by atoms with Crippen LogP contribution >= 0.6 is 23.4 Å². The van der Waals surface area contributed by atoms with Crippen LogP contribution in [-0.4, -0.2) is 21.1 Å². The lowest BCUT2D eigenvalue weighted by Gasteiger charge is -2.11. The molecule has 7 heteroatoms. The molecule has 1 amide bonds. The Morgan fingerprint density at radius 3 is 2.77 bits per heavy atom. The lowest BCUT2D eigenvalue weighted by molar-refractivity contribution is -0.115. The summed E-state index contributed by atoms with van der Waals surface area (Å²) >= 11 is 7.32. The Balaban J connectivity index is 1.64. The van der Waals surface area contributed by atoms with Crippen molar-refractivity contribution < 1.29 is 4.79 Å².